The summed E-state index contributed by atoms with van der Waals surface area (Å²) in [6, 6.07) is 4.53. The largest absolute Gasteiger partial charge is 0.271 e. The van der Waals surface area contributed by atoms with Gasteiger partial charge in [-0.25, -0.2) is 8.78 Å². The molecule has 3 nitrogen and oxygen atoms in total. The van der Waals surface area contributed by atoms with Gasteiger partial charge in [-0.3, -0.25) is 16.3 Å². The standard InChI is InChI=1S/C13H11Cl2F2N3/c14-7-4-9(15)13(19-6-7)12(20-18)5-8-10(16)2-1-3-11(8)17/h1-4,6,12,20H,5,18H2. The minimum atomic E-state index is -0.643. The van der Waals surface area contributed by atoms with Gasteiger partial charge in [-0.15, -0.1) is 0 Å². The van der Waals surface area contributed by atoms with E-state index in [9.17, 15) is 8.78 Å². The Morgan fingerprint density at radius 1 is 1.25 bits per heavy atom. The second-order valence-electron chi connectivity index (χ2n) is 4.14. The molecule has 2 rings (SSSR count). The molecule has 1 heterocycles. The lowest BCUT2D eigenvalue weighted by Crippen LogP contribution is -2.31. The quantitative estimate of drug-likeness (QED) is 0.671. The van der Waals surface area contributed by atoms with Gasteiger partial charge < -0.3 is 0 Å². The summed E-state index contributed by atoms with van der Waals surface area (Å²) in [5, 5.41) is 0.642. The maximum Gasteiger partial charge on any atom is 0.129 e. The van der Waals surface area contributed by atoms with E-state index < -0.39 is 17.7 Å². The molecule has 0 fully saturated rings. The van der Waals surface area contributed by atoms with Gasteiger partial charge in [0.25, 0.3) is 0 Å². The van der Waals surface area contributed by atoms with Gasteiger partial charge >= 0.3 is 0 Å². The zero-order chi connectivity index (χ0) is 14.7. The molecule has 0 aliphatic carbocycles. The van der Waals surface area contributed by atoms with Gasteiger partial charge in [-0.2, -0.15) is 0 Å². The number of pyridine rings is 1. The first-order chi connectivity index (χ1) is 9.52. The van der Waals surface area contributed by atoms with Crippen molar-refractivity contribution in [3.05, 3.63) is 63.4 Å². The van der Waals surface area contributed by atoms with Crippen molar-refractivity contribution < 1.29 is 8.78 Å². The molecule has 0 saturated heterocycles. The molecule has 20 heavy (non-hydrogen) atoms. The van der Waals surface area contributed by atoms with Gasteiger partial charge in [0.1, 0.15) is 11.6 Å². The van der Waals surface area contributed by atoms with E-state index >= 15 is 0 Å². The first-order valence-corrected chi connectivity index (χ1v) is 6.48. The van der Waals surface area contributed by atoms with Gasteiger partial charge in [-0.1, -0.05) is 29.3 Å². The summed E-state index contributed by atoms with van der Waals surface area (Å²) in [4.78, 5) is 4.05. The number of hydrogen-bond donors (Lipinski definition) is 2. The first-order valence-electron chi connectivity index (χ1n) is 5.73. The van der Waals surface area contributed by atoms with Crippen LogP contribution in [0.4, 0.5) is 8.78 Å². The Hall–Kier alpha value is -1.27. The van der Waals surface area contributed by atoms with E-state index in [-0.39, 0.29) is 17.0 Å². The molecule has 1 aromatic carbocycles. The van der Waals surface area contributed by atoms with Crippen molar-refractivity contribution in [3.63, 3.8) is 0 Å². The Bertz CT molecular complexity index is 602. The molecule has 1 atom stereocenters. The molecule has 0 amide bonds. The fourth-order valence-corrected chi connectivity index (χ4v) is 2.36. The lowest BCUT2D eigenvalue weighted by Gasteiger charge is -2.17. The van der Waals surface area contributed by atoms with E-state index in [0.29, 0.717) is 10.7 Å². The van der Waals surface area contributed by atoms with Gasteiger partial charge in [0, 0.05) is 18.2 Å². The van der Waals surface area contributed by atoms with Gasteiger partial charge in [0.05, 0.1) is 21.8 Å². The Balaban J connectivity index is 2.34. The Kier molecular flexibility index (Phi) is 4.88. The number of hydrazine groups is 1. The highest BCUT2D eigenvalue weighted by molar-refractivity contribution is 6.34. The summed E-state index contributed by atoms with van der Waals surface area (Å²) >= 11 is 11.8. The average Bonchev–Trinajstić information content (AvgIpc) is 2.40. The molecule has 0 saturated carbocycles. The van der Waals surface area contributed by atoms with E-state index in [4.69, 9.17) is 29.0 Å². The smallest absolute Gasteiger partial charge is 0.129 e. The summed E-state index contributed by atoms with van der Waals surface area (Å²) in [7, 11) is 0. The van der Waals surface area contributed by atoms with E-state index in [1.165, 1.54) is 30.5 Å². The zero-order valence-corrected chi connectivity index (χ0v) is 11.7. The highest BCUT2D eigenvalue weighted by Crippen LogP contribution is 2.27. The van der Waals surface area contributed by atoms with Crippen molar-refractivity contribution in [3.8, 4) is 0 Å². The second kappa shape index (κ2) is 6.45. The Labute approximate surface area is 124 Å². The van der Waals surface area contributed by atoms with E-state index in [1.54, 1.807) is 0 Å². The normalized spacial score (nSPS) is 12.4. The molecule has 2 aromatic rings. The number of aromatic nitrogens is 1. The fraction of sp³-hybridized carbons (Fsp3) is 0.154. The summed E-state index contributed by atoms with van der Waals surface area (Å²) in [5.41, 5.74) is 2.75. The minimum absolute atomic E-state index is 0.0244. The number of benzene rings is 1. The lowest BCUT2D eigenvalue weighted by atomic mass is 10.0. The Morgan fingerprint density at radius 3 is 2.45 bits per heavy atom. The van der Waals surface area contributed by atoms with Crippen LogP contribution in [0.1, 0.15) is 17.3 Å². The number of halogens is 4. The third-order valence-electron chi connectivity index (χ3n) is 2.84. The van der Waals surface area contributed by atoms with Gasteiger partial charge in [0.2, 0.25) is 0 Å². The molecular formula is C13H11Cl2F2N3. The number of nitrogens with one attached hydrogen (secondary N) is 1. The van der Waals surface area contributed by atoms with Crippen molar-refractivity contribution in [1.82, 2.24) is 10.4 Å². The summed E-state index contributed by atoms with van der Waals surface area (Å²) in [5.74, 6) is 4.15. The summed E-state index contributed by atoms with van der Waals surface area (Å²) in [6.07, 6.45) is 1.37. The molecule has 3 N–H and O–H groups in total. The monoisotopic (exact) mass is 317 g/mol. The van der Waals surface area contributed by atoms with E-state index in [1.807, 2.05) is 0 Å². The van der Waals surface area contributed by atoms with Gasteiger partial charge in [-0.05, 0) is 18.2 Å². The molecule has 0 bridgehead atoms. The van der Waals surface area contributed by atoms with Crippen LogP contribution >= 0.6 is 23.2 Å². The number of rotatable bonds is 4. The topological polar surface area (TPSA) is 50.9 Å². The molecule has 0 spiro atoms. The summed E-state index contributed by atoms with van der Waals surface area (Å²) in [6.45, 7) is 0. The van der Waals surface area contributed by atoms with Crippen LogP contribution in [0.2, 0.25) is 10.0 Å². The molecule has 0 aliphatic heterocycles. The lowest BCUT2D eigenvalue weighted by molar-refractivity contribution is 0.493. The third kappa shape index (κ3) is 3.24. The molecule has 1 aromatic heterocycles. The van der Waals surface area contributed by atoms with Crippen LogP contribution in [-0.4, -0.2) is 4.98 Å². The average molecular weight is 318 g/mol. The van der Waals surface area contributed by atoms with Crippen molar-refractivity contribution in [2.24, 2.45) is 5.84 Å². The number of hydrogen-bond acceptors (Lipinski definition) is 3. The fourth-order valence-electron chi connectivity index (χ4n) is 1.85. The molecular weight excluding hydrogens is 307 g/mol. The highest BCUT2D eigenvalue weighted by Gasteiger charge is 2.20. The maximum atomic E-state index is 13.6. The van der Waals surface area contributed by atoms with Crippen molar-refractivity contribution >= 4 is 23.2 Å². The van der Waals surface area contributed by atoms with Crippen molar-refractivity contribution in [1.29, 1.82) is 0 Å². The first kappa shape index (κ1) is 15.1. The number of nitrogens with two attached hydrogens (primary N) is 1. The SMILES string of the molecule is NNC(Cc1c(F)cccc1F)c1ncc(Cl)cc1Cl. The van der Waals surface area contributed by atoms with Crippen LogP contribution in [0.15, 0.2) is 30.5 Å². The zero-order valence-electron chi connectivity index (χ0n) is 10.2. The van der Waals surface area contributed by atoms with Crippen LogP contribution < -0.4 is 11.3 Å². The van der Waals surface area contributed by atoms with Crippen molar-refractivity contribution in [2.75, 3.05) is 0 Å². The molecule has 1 unspecified atom stereocenters. The third-order valence-corrected chi connectivity index (χ3v) is 3.35. The Morgan fingerprint density at radius 2 is 1.90 bits per heavy atom. The van der Waals surface area contributed by atoms with Crippen LogP contribution in [0.25, 0.3) is 0 Å². The maximum absolute atomic E-state index is 13.6. The van der Waals surface area contributed by atoms with Crippen molar-refractivity contribution in [2.45, 2.75) is 12.5 Å². The van der Waals surface area contributed by atoms with Crippen LogP contribution in [-0.2, 0) is 6.42 Å². The highest BCUT2D eigenvalue weighted by atomic mass is 35.5. The van der Waals surface area contributed by atoms with E-state index in [0.717, 1.165) is 0 Å². The molecule has 0 aliphatic rings. The van der Waals surface area contributed by atoms with Crippen LogP contribution in [0.5, 0.6) is 0 Å². The predicted octanol–water partition coefficient (Wildman–Crippen LogP) is 3.41. The van der Waals surface area contributed by atoms with E-state index in [2.05, 4.69) is 10.4 Å². The van der Waals surface area contributed by atoms with Crippen LogP contribution in [0.3, 0.4) is 0 Å². The van der Waals surface area contributed by atoms with Gasteiger partial charge in [0.15, 0.2) is 0 Å². The summed E-state index contributed by atoms with van der Waals surface area (Å²) < 4.78 is 27.3. The molecule has 106 valence electrons. The molecule has 7 heteroatoms. The second-order valence-corrected chi connectivity index (χ2v) is 4.99. The van der Waals surface area contributed by atoms with Crippen LogP contribution in [0, 0.1) is 11.6 Å². The predicted molar refractivity (Wildman–Crippen MR) is 74.4 cm³/mol. The molecule has 0 radical (unpaired) electrons. The minimum Gasteiger partial charge on any atom is -0.271 e. The number of nitrogens with zero attached hydrogens (tertiary/aromatic N) is 1.